The minimum absolute atomic E-state index is 0.226. The van der Waals surface area contributed by atoms with Gasteiger partial charge in [0.1, 0.15) is 6.04 Å². The molecular weight excluding hydrogens is 378 g/mol. The summed E-state index contributed by atoms with van der Waals surface area (Å²) in [5, 5.41) is 16.5. The zero-order valence-electron chi connectivity index (χ0n) is 14.8. The largest absolute Gasteiger partial charge is 0.337 e. The lowest BCUT2D eigenvalue weighted by Crippen LogP contribution is -2.34. The van der Waals surface area contributed by atoms with Crippen LogP contribution in [-0.2, 0) is 0 Å². The van der Waals surface area contributed by atoms with Crippen molar-refractivity contribution in [3.05, 3.63) is 65.0 Å². The van der Waals surface area contributed by atoms with Crippen molar-refractivity contribution in [1.29, 1.82) is 5.26 Å². The zero-order valence-corrected chi connectivity index (χ0v) is 15.6. The van der Waals surface area contributed by atoms with Crippen LogP contribution in [0.1, 0.15) is 30.3 Å². The van der Waals surface area contributed by atoms with E-state index in [2.05, 4.69) is 21.5 Å². The number of benzene rings is 2. The number of halogens is 1. The number of hydrogen-bond donors (Lipinski definition) is 1. The summed E-state index contributed by atoms with van der Waals surface area (Å²) in [6, 6.07) is 15.5. The molecule has 1 aliphatic rings. The van der Waals surface area contributed by atoms with E-state index in [9.17, 15) is 4.79 Å². The molecule has 2 aromatic carbocycles. The number of hydrogen-bond acceptors (Lipinski definition) is 5. The molecule has 1 saturated heterocycles. The summed E-state index contributed by atoms with van der Waals surface area (Å²) in [6.45, 7) is 0.603. The molecule has 0 radical (unpaired) electrons. The number of carbonyl (C=O) groups is 1. The van der Waals surface area contributed by atoms with Crippen molar-refractivity contribution in [2.24, 2.45) is 0 Å². The molecule has 1 N–H and O–H groups in total. The number of amides is 2. The van der Waals surface area contributed by atoms with Crippen LogP contribution in [-0.4, -0.2) is 27.6 Å². The molecule has 0 unspecified atom stereocenters. The smallest absolute Gasteiger partial charge is 0.322 e. The molecule has 1 aliphatic heterocycles. The molecule has 4 rings (SSSR count). The van der Waals surface area contributed by atoms with Crippen LogP contribution in [0.5, 0.6) is 0 Å². The number of likely N-dealkylation sites (tertiary alicyclic amines) is 1. The Morgan fingerprint density at radius 3 is 2.89 bits per heavy atom. The van der Waals surface area contributed by atoms with Crippen molar-refractivity contribution < 1.29 is 9.32 Å². The third kappa shape index (κ3) is 3.68. The van der Waals surface area contributed by atoms with Gasteiger partial charge in [-0.05, 0) is 49.2 Å². The van der Waals surface area contributed by atoms with Crippen LogP contribution >= 0.6 is 11.6 Å². The maximum Gasteiger partial charge on any atom is 0.322 e. The van der Waals surface area contributed by atoms with Crippen LogP contribution in [0.4, 0.5) is 10.5 Å². The normalized spacial score (nSPS) is 16.0. The second-order valence-electron chi connectivity index (χ2n) is 6.44. The first-order valence-electron chi connectivity index (χ1n) is 8.81. The average molecular weight is 394 g/mol. The number of carbonyl (C=O) groups excluding carboxylic acids is 1. The SMILES string of the molecule is N#Cc1cccc(-c2noc([C@@H]3CCCN3C(=O)Nc3ccc(Cl)cc3)n2)c1. The van der Waals surface area contributed by atoms with Crippen LogP contribution in [0.3, 0.4) is 0 Å². The van der Waals surface area contributed by atoms with Gasteiger partial charge >= 0.3 is 6.03 Å². The monoisotopic (exact) mass is 393 g/mol. The Hall–Kier alpha value is -3.37. The summed E-state index contributed by atoms with van der Waals surface area (Å²) < 4.78 is 5.44. The summed E-state index contributed by atoms with van der Waals surface area (Å²) in [5.41, 5.74) is 1.89. The number of nitriles is 1. The van der Waals surface area contributed by atoms with Gasteiger partial charge in [-0.15, -0.1) is 0 Å². The van der Waals surface area contributed by atoms with E-state index in [1.54, 1.807) is 47.4 Å². The molecule has 0 aliphatic carbocycles. The van der Waals surface area contributed by atoms with Gasteiger partial charge in [-0.3, -0.25) is 0 Å². The van der Waals surface area contributed by atoms with Gasteiger partial charge in [0.05, 0.1) is 11.6 Å². The molecule has 0 saturated carbocycles. The van der Waals surface area contributed by atoms with Crippen LogP contribution in [0, 0.1) is 11.3 Å². The molecule has 28 heavy (non-hydrogen) atoms. The van der Waals surface area contributed by atoms with Gasteiger partial charge in [-0.2, -0.15) is 10.2 Å². The third-order valence-corrected chi connectivity index (χ3v) is 4.84. The Morgan fingerprint density at radius 1 is 1.29 bits per heavy atom. The quantitative estimate of drug-likeness (QED) is 0.699. The summed E-state index contributed by atoms with van der Waals surface area (Å²) in [7, 11) is 0. The number of rotatable bonds is 3. The van der Waals surface area contributed by atoms with E-state index in [4.69, 9.17) is 21.4 Å². The van der Waals surface area contributed by atoms with Gasteiger partial charge < -0.3 is 14.7 Å². The molecule has 140 valence electrons. The highest BCUT2D eigenvalue weighted by Crippen LogP contribution is 2.32. The van der Waals surface area contributed by atoms with Crippen molar-refractivity contribution in [1.82, 2.24) is 15.0 Å². The first-order chi connectivity index (χ1) is 13.6. The summed E-state index contributed by atoms with van der Waals surface area (Å²) in [5.74, 6) is 0.790. The molecule has 1 aromatic heterocycles. The highest BCUT2D eigenvalue weighted by molar-refractivity contribution is 6.30. The second kappa shape index (κ2) is 7.71. The van der Waals surface area contributed by atoms with Gasteiger partial charge in [-0.25, -0.2) is 4.79 Å². The van der Waals surface area contributed by atoms with Gasteiger partial charge in [0.2, 0.25) is 11.7 Å². The molecule has 8 heteroatoms. The Morgan fingerprint density at radius 2 is 2.11 bits per heavy atom. The van der Waals surface area contributed by atoms with Gasteiger partial charge in [0.15, 0.2) is 0 Å². The molecule has 1 atom stereocenters. The van der Waals surface area contributed by atoms with Crippen molar-refractivity contribution in [3.63, 3.8) is 0 Å². The van der Waals surface area contributed by atoms with Crippen molar-refractivity contribution >= 4 is 23.3 Å². The molecule has 3 aromatic rings. The van der Waals surface area contributed by atoms with Gasteiger partial charge in [0, 0.05) is 22.8 Å². The number of nitrogens with one attached hydrogen (secondary N) is 1. The highest BCUT2D eigenvalue weighted by Gasteiger charge is 2.34. The molecule has 0 spiro atoms. The Labute approximate surface area is 166 Å². The van der Waals surface area contributed by atoms with Crippen LogP contribution in [0.25, 0.3) is 11.4 Å². The molecule has 0 bridgehead atoms. The first-order valence-corrected chi connectivity index (χ1v) is 9.19. The van der Waals surface area contributed by atoms with Crippen LogP contribution < -0.4 is 5.32 Å². The fourth-order valence-electron chi connectivity index (χ4n) is 3.21. The molecular formula is C20H16ClN5O2. The lowest BCUT2D eigenvalue weighted by atomic mass is 10.1. The third-order valence-electron chi connectivity index (χ3n) is 4.59. The Bertz CT molecular complexity index is 1040. The van der Waals surface area contributed by atoms with Crippen molar-refractivity contribution in [2.45, 2.75) is 18.9 Å². The summed E-state index contributed by atoms with van der Waals surface area (Å²) in [6.07, 6.45) is 1.59. The number of anilines is 1. The first kappa shape index (κ1) is 18.0. The minimum atomic E-state index is -0.285. The highest BCUT2D eigenvalue weighted by atomic mass is 35.5. The van der Waals surface area contributed by atoms with E-state index < -0.39 is 0 Å². The van der Waals surface area contributed by atoms with Crippen molar-refractivity contribution in [2.75, 3.05) is 11.9 Å². The number of urea groups is 1. The molecule has 1 fully saturated rings. The second-order valence-corrected chi connectivity index (χ2v) is 6.87. The van der Waals surface area contributed by atoms with E-state index in [1.165, 1.54) is 0 Å². The summed E-state index contributed by atoms with van der Waals surface area (Å²) in [4.78, 5) is 18.9. The molecule has 7 nitrogen and oxygen atoms in total. The van der Waals surface area contributed by atoms with E-state index in [1.807, 2.05) is 6.07 Å². The van der Waals surface area contributed by atoms with Crippen LogP contribution in [0.2, 0.25) is 5.02 Å². The standard InChI is InChI=1S/C20H16ClN5O2/c21-15-6-8-16(9-7-15)23-20(27)26-10-2-5-17(26)19-24-18(25-28-19)14-4-1-3-13(11-14)12-22/h1,3-4,6-9,11,17H,2,5,10H2,(H,23,27)/t17-/m0/s1. The van der Waals surface area contributed by atoms with E-state index in [-0.39, 0.29) is 12.1 Å². The molecule has 2 amide bonds. The average Bonchev–Trinajstić information content (AvgIpc) is 3.39. The number of nitrogens with zero attached hydrogens (tertiary/aromatic N) is 4. The fraction of sp³-hybridized carbons (Fsp3) is 0.200. The topological polar surface area (TPSA) is 95.0 Å². The maximum atomic E-state index is 12.7. The van der Waals surface area contributed by atoms with Crippen molar-refractivity contribution in [3.8, 4) is 17.5 Å². The predicted molar refractivity (Wildman–Crippen MR) is 104 cm³/mol. The lowest BCUT2D eigenvalue weighted by molar-refractivity contribution is 0.193. The fourth-order valence-corrected chi connectivity index (χ4v) is 3.34. The predicted octanol–water partition coefficient (Wildman–Crippen LogP) is 4.63. The molecule has 2 heterocycles. The van der Waals surface area contributed by atoms with E-state index in [0.717, 1.165) is 12.8 Å². The maximum absolute atomic E-state index is 12.7. The Balaban J connectivity index is 1.52. The van der Waals surface area contributed by atoms with E-state index >= 15 is 0 Å². The van der Waals surface area contributed by atoms with E-state index in [0.29, 0.717) is 40.1 Å². The number of aromatic nitrogens is 2. The lowest BCUT2D eigenvalue weighted by Gasteiger charge is -2.22. The Kier molecular flexibility index (Phi) is 4.96. The summed E-state index contributed by atoms with van der Waals surface area (Å²) >= 11 is 5.88. The van der Waals surface area contributed by atoms with Gasteiger partial charge in [-0.1, -0.05) is 28.9 Å². The van der Waals surface area contributed by atoms with Gasteiger partial charge in [0.25, 0.3) is 0 Å². The van der Waals surface area contributed by atoms with Crippen LogP contribution in [0.15, 0.2) is 53.1 Å². The zero-order chi connectivity index (χ0) is 19.5. The minimum Gasteiger partial charge on any atom is -0.337 e.